The molecule has 0 N–H and O–H groups in total. The van der Waals surface area contributed by atoms with Crippen LogP contribution >= 0.6 is 0 Å². The first kappa shape index (κ1) is 23.3. The quantitative estimate of drug-likeness (QED) is 0.209. The van der Waals surface area contributed by atoms with Gasteiger partial charge in [0.1, 0.15) is 11.3 Å². The van der Waals surface area contributed by atoms with Gasteiger partial charge in [-0.2, -0.15) is 0 Å². The van der Waals surface area contributed by atoms with Crippen molar-refractivity contribution in [2.24, 2.45) is 0 Å². The van der Waals surface area contributed by atoms with E-state index in [4.69, 9.17) is 9.72 Å². The van der Waals surface area contributed by atoms with Gasteiger partial charge in [0.15, 0.2) is 11.5 Å². The summed E-state index contributed by atoms with van der Waals surface area (Å²) in [6, 6.07) is 45.7. The van der Waals surface area contributed by atoms with Crippen molar-refractivity contribution in [2.75, 3.05) is 0 Å². The molecule has 0 amide bonds. The Morgan fingerprint density at radius 3 is 1.98 bits per heavy atom. The van der Waals surface area contributed by atoms with Crippen LogP contribution in [0.25, 0.3) is 71.3 Å². The lowest BCUT2D eigenvalue weighted by Gasteiger charge is -2.25. The van der Waals surface area contributed by atoms with Crippen LogP contribution in [0.3, 0.4) is 0 Å². The van der Waals surface area contributed by atoms with Gasteiger partial charge >= 0.3 is 0 Å². The van der Waals surface area contributed by atoms with Gasteiger partial charge in [-0.3, -0.25) is 4.57 Å². The van der Waals surface area contributed by atoms with Crippen LogP contribution in [-0.2, 0) is 6.42 Å². The highest BCUT2D eigenvalue weighted by molar-refractivity contribution is 6.22. The van der Waals surface area contributed by atoms with Gasteiger partial charge in [0.05, 0.1) is 11.2 Å². The first-order chi connectivity index (χ1) is 20.8. The third-order valence-electron chi connectivity index (χ3n) is 8.71. The van der Waals surface area contributed by atoms with Gasteiger partial charge in [-0.25, -0.2) is 4.98 Å². The van der Waals surface area contributed by atoms with Crippen molar-refractivity contribution in [2.45, 2.75) is 13.3 Å². The molecule has 1 aromatic heterocycles. The van der Waals surface area contributed by atoms with Crippen molar-refractivity contribution in [3.8, 4) is 39.4 Å². The second kappa shape index (κ2) is 8.79. The van der Waals surface area contributed by atoms with Crippen molar-refractivity contribution in [3.05, 3.63) is 133 Å². The van der Waals surface area contributed by atoms with Crippen LogP contribution in [0, 0.1) is 0 Å². The second-order valence-electron chi connectivity index (χ2n) is 11.0. The third-order valence-corrected chi connectivity index (χ3v) is 8.71. The van der Waals surface area contributed by atoms with Crippen LogP contribution in [0.5, 0.6) is 11.5 Å². The highest BCUT2D eigenvalue weighted by Crippen LogP contribution is 2.50. The predicted molar refractivity (Wildman–Crippen MR) is 174 cm³/mol. The number of para-hydroxylation sites is 2. The Hall–Kier alpha value is -5.41. The van der Waals surface area contributed by atoms with Crippen LogP contribution in [-0.4, -0.2) is 9.55 Å². The summed E-state index contributed by atoms with van der Waals surface area (Å²) in [5.41, 5.74) is 7.92. The van der Waals surface area contributed by atoms with Crippen molar-refractivity contribution in [3.63, 3.8) is 0 Å². The summed E-state index contributed by atoms with van der Waals surface area (Å²) >= 11 is 0. The molecule has 0 saturated carbocycles. The van der Waals surface area contributed by atoms with E-state index in [0.717, 1.165) is 46.0 Å². The van der Waals surface area contributed by atoms with Crippen LogP contribution in [0.4, 0.5) is 0 Å². The van der Waals surface area contributed by atoms with E-state index in [1.54, 1.807) is 0 Å². The summed E-state index contributed by atoms with van der Waals surface area (Å²) in [6.45, 7) is 2.17. The zero-order valence-electron chi connectivity index (χ0n) is 23.1. The molecule has 0 bridgehead atoms. The summed E-state index contributed by atoms with van der Waals surface area (Å²) in [5, 5.41) is 7.42. The standard InChI is InChI=1S/C39H26N2O/c1-2-35-40-32-18-10-20-34-39(32)41(35)38-31(17-9-19-33(38)42-34)37-29-15-7-5-13-27(29)36(28-14-6-8-16-30(28)37)26-22-21-24-11-3-4-12-25(24)23-26/h3-23H,2H2,1H3. The molecule has 3 heteroatoms. The van der Waals surface area contributed by atoms with Gasteiger partial charge in [0, 0.05) is 12.0 Å². The molecule has 198 valence electrons. The first-order valence-electron chi connectivity index (χ1n) is 14.5. The molecule has 0 atom stereocenters. The molecular formula is C39H26N2O. The highest BCUT2D eigenvalue weighted by atomic mass is 16.5. The number of nitrogens with zero attached hydrogens (tertiary/aromatic N) is 2. The van der Waals surface area contributed by atoms with Crippen molar-refractivity contribution in [1.82, 2.24) is 9.55 Å². The molecule has 9 rings (SSSR count). The Morgan fingerprint density at radius 1 is 0.595 bits per heavy atom. The van der Waals surface area contributed by atoms with Crippen molar-refractivity contribution in [1.29, 1.82) is 0 Å². The number of hydrogen-bond donors (Lipinski definition) is 0. The number of rotatable bonds is 3. The molecule has 0 radical (unpaired) electrons. The fraction of sp³-hybridized carbons (Fsp3) is 0.0513. The maximum atomic E-state index is 6.57. The summed E-state index contributed by atoms with van der Waals surface area (Å²) in [4.78, 5) is 5.02. The normalized spacial score (nSPS) is 12.2. The number of aromatic nitrogens is 2. The summed E-state index contributed by atoms with van der Waals surface area (Å²) < 4.78 is 8.90. The fourth-order valence-electron chi connectivity index (χ4n) is 6.93. The zero-order valence-corrected chi connectivity index (χ0v) is 23.1. The molecule has 0 saturated heterocycles. The SMILES string of the molecule is CCc1nc2cccc3c2n1-c1c(cccc1-c1c2ccccc2c(-c2ccc4ccccc4c2)c2ccccc12)O3. The van der Waals surface area contributed by atoms with Gasteiger partial charge in [-0.05, 0) is 73.3 Å². The maximum absolute atomic E-state index is 6.57. The molecule has 0 unspecified atom stereocenters. The van der Waals surface area contributed by atoms with E-state index in [9.17, 15) is 0 Å². The molecule has 0 aliphatic carbocycles. The Kier molecular flexibility index (Phi) is 4.88. The molecular weight excluding hydrogens is 512 g/mol. The van der Waals surface area contributed by atoms with Gasteiger partial charge in [-0.15, -0.1) is 0 Å². The first-order valence-corrected chi connectivity index (χ1v) is 14.5. The minimum absolute atomic E-state index is 0.824. The number of aryl methyl sites for hydroxylation is 1. The van der Waals surface area contributed by atoms with E-state index in [1.807, 2.05) is 12.1 Å². The molecule has 2 heterocycles. The third kappa shape index (κ3) is 3.19. The van der Waals surface area contributed by atoms with Crippen LogP contribution in [0.1, 0.15) is 12.7 Å². The molecule has 0 fully saturated rings. The smallest absolute Gasteiger partial charge is 0.153 e. The van der Waals surface area contributed by atoms with Crippen LogP contribution < -0.4 is 4.74 Å². The number of benzene rings is 7. The van der Waals surface area contributed by atoms with Gasteiger partial charge in [-0.1, -0.05) is 110 Å². The molecule has 1 aliphatic rings. The Morgan fingerprint density at radius 2 is 1.24 bits per heavy atom. The highest BCUT2D eigenvalue weighted by Gasteiger charge is 2.28. The van der Waals surface area contributed by atoms with E-state index in [0.29, 0.717) is 0 Å². The summed E-state index contributed by atoms with van der Waals surface area (Å²) in [7, 11) is 0. The van der Waals surface area contributed by atoms with Gasteiger partial charge in [0.2, 0.25) is 0 Å². The zero-order chi connectivity index (χ0) is 27.8. The minimum atomic E-state index is 0.824. The molecule has 8 aromatic rings. The Bertz CT molecular complexity index is 2320. The summed E-state index contributed by atoms with van der Waals surface area (Å²) in [5.74, 6) is 2.74. The average molecular weight is 539 g/mol. The molecule has 1 aliphatic heterocycles. The van der Waals surface area contributed by atoms with E-state index >= 15 is 0 Å². The largest absolute Gasteiger partial charge is 0.453 e. The Balaban J connectivity index is 1.42. The van der Waals surface area contributed by atoms with Crippen molar-refractivity contribution < 1.29 is 4.74 Å². The number of hydrogen-bond acceptors (Lipinski definition) is 2. The number of imidazole rings is 1. The lowest BCUT2D eigenvalue weighted by atomic mass is 9.85. The van der Waals surface area contributed by atoms with E-state index < -0.39 is 0 Å². The Labute approximate surface area is 243 Å². The van der Waals surface area contributed by atoms with Crippen molar-refractivity contribution >= 4 is 43.4 Å². The molecule has 0 spiro atoms. The number of ether oxygens (including phenoxy) is 1. The maximum Gasteiger partial charge on any atom is 0.153 e. The summed E-state index contributed by atoms with van der Waals surface area (Å²) in [6.07, 6.45) is 0.824. The van der Waals surface area contributed by atoms with E-state index in [2.05, 4.69) is 127 Å². The van der Waals surface area contributed by atoms with Gasteiger partial charge < -0.3 is 4.74 Å². The van der Waals surface area contributed by atoms with Gasteiger partial charge in [0.25, 0.3) is 0 Å². The molecule has 42 heavy (non-hydrogen) atoms. The number of fused-ring (bicyclic) bond motifs is 5. The topological polar surface area (TPSA) is 27.1 Å². The lowest BCUT2D eigenvalue weighted by molar-refractivity contribution is 0.474. The van der Waals surface area contributed by atoms with E-state index in [-0.39, 0.29) is 0 Å². The minimum Gasteiger partial charge on any atom is -0.453 e. The molecule has 7 aromatic carbocycles. The van der Waals surface area contributed by atoms with Crippen LogP contribution in [0.2, 0.25) is 0 Å². The predicted octanol–water partition coefficient (Wildman–Crippen LogP) is 10.5. The van der Waals surface area contributed by atoms with E-state index in [1.165, 1.54) is 49.0 Å². The molecule has 3 nitrogen and oxygen atoms in total. The fourth-order valence-corrected chi connectivity index (χ4v) is 6.93. The monoisotopic (exact) mass is 538 g/mol. The second-order valence-corrected chi connectivity index (χ2v) is 11.0. The van der Waals surface area contributed by atoms with Crippen LogP contribution in [0.15, 0.2) is 127 Å². The average Bonchev–Trinajstić information content (AvgIpc) is 3.43. The lowest BCUT2D eigenvalue weighted by Crippen LogP contribution is -2.09.